The third kappa shape index (κ3) is 4.01. The van der Waals surface area contributed by atoms with Crippen LogP contribution in [-0.2, 0) is 24.2 Å². The highest BCUT2D eigenvalue weighted by molar-refractivity contribution is 5.76. The normalized spacial score (nSPS) is 17.0. The Hall–Kier alpha value is -2.89. The van der Waals surface area contributed by atoms with Gasteiger partial charge in [0.05, 0.1) is 6.20 Å². The molecule has 6 nitrogen and oxygen atoms in total. The van der Waals surface area contributed by atoms with E-state index in [0.717, 1.165) is 43.8 Å². The van der Waals surface area contributed by atoms with Gasteiger partial charge in [0.1, 0.15) is 24.2 Å². The zero-order valence-electron chi connectivity index (χ0n) is 16.3. The van der Waals surface area contributed by atoms with Gasteiger partial charge in [0, 0.05) is 31.8 Å². The van der Waals surface area contributed by atoms with Crippen molar-refractivity contribution >= 4 is 5.91 Å². The van der Waals surface area contributed by atoms with E-state index < -0.39 is 0 Å². The second-order valence-corrected chi connectivity index (χ2v) is 7.25. The largest absolute Gasteiger partial charge is 0.443 e. The lowest BCUT2D eigenvalue weighted by atomic mass is 10.0. The Morgan fingerprint density at radius 3 is 2.89 bits per heavy atom. The third-order valence-corrected chi connectivity index (χ3v) is 5.32. The molecule has 3 heterocycles. The molecule has 146 valence electrons. The van der Waals surface area contributed by atoms with E-state index in [1.807, 2.05) is 40.8 Å². The third-order valence-electron chi connectivity index (χ3n) is 5.32. The van der Waals surface area contributed by atoms with Gasteiger partial charge in [-0.15, -0.1) is 0 Å². The first kappa shape index (κ1) is 18.5. The van der Waals surface area contributed by atoms with Crippen LogP contribution in [0.15, 0.2) is 53.3 Å². The van der Waals surface area contributed by atoms with Crippen LogP contribution in [0.5, 0.6) is 0 Å². The number of aromatic nitrogens is 3. The molecule has 0 radical (unpaired) electrons. The first-order valence-corrected chi connectivity index (χ1v) is 10.0. The smallest absolute Gasteiger partial charge is 0.243 e. The summed E-state index contributed by atoms with van der Waals surface area (Å²) in [6, 6.07) is 10.1. The average molecular weight is 378 g/mol. The quantitative estimate of drug-likeness (QED) is 0.655. The number of carbonyl (C=O) groups is 1. The summed E-state index contributed by atoms with van der Waals surface area (Å²) in [5.41, 5.74) is 1.19. The van der Waals surface area contributed by atoms with E-state index in [1.165, 1.54) is 5.56 Å². The molecule has 2 aromatic heterocycles. The first-order chi connectivity index (χ1) is 13.7. The number of carbonyl (C=O) groups excluding carboxylic acids is 1. The summed E-state index contributed by atoms with van der Waals surface area (Å²) in [4.78, 5) is 23.8. The number of hydrogen-bond acceptors (Lipinski definition) is 4. The zero-order valence-corrected chi connectivity index (χ0v) is 16.3. The maximum atomic E-state index is 13.0. The fourth-order valence-electron chi connectivity index (χ4n) is 3.88. The van der Waals surface area contributed by atoms with Crippen LogP contribution in [0, 0.1) is 0 Å². The number of likely N-dealkylation sites (tertiary alicyclic amines) is 1. The van der Waals surface area contributed by atoms with Crippen LogP contribution in [-0.4, -0.2) is 31.9 Å². The van der Waals surface area contributed by atoms with E-state index >= 15 is 0 Å². The van der Waals surface area contributed by atoms with Gasteiger partial charge in [-0.25, -0.2) is 9.97 Å². The molecule has 0 spiro atoms. The van der Waals surface area contributed by atoms with Crippen molar-refractivity contribution in [3.8, 4) is 0 Å². The first-order valence-electron chi connectivity index (χ1n) is 10.0. The summed E-state index contributed by atoms with van der Waals surface area (Å²) < 4.78 is 8.00. The second-order valence-electron chi connectivity index (χ2n) is 7.25. The molecule has 4 rings (SSSR count). The molecule has 28 heavy (non-hydrogen) atoms. The number of imidazole rings is 1. The standard InChI is InChI=1S/C22H26N4O2/c1-2-20-23-11-13-25(20)16-21(27)26-12-7-6-10-19(26)22-24-15-18(28-22)14-17-8-4-3-5-9-17/h3-5,8-9,11,13,15,19H,2,6-7,10,12,14,16H2,1H3/t19-/m0/s1. The van der Waals surface area contributed by atoms with Crippen LogP contribution in [0.2, 0.25) is 0 Å². The fourth-order valence-corrected chi connectivity index (χ4v) is 3.88. The molecule has 0 N–H and O–H groups in total. The zero-order chi connectivity index (χ0) is 19.3. The second kappa shape index (κ2) is 8.42. The molecule has 0 aliphatic carbocycles. The Kier molecular flexibility index (Phi) is 5.55. The SMILES string of the molecule is CCc1nccn1CC(=O)N1CCCC[C@H]1c1ncc(Cc2ccccc2)o1. The van der Waals surface area contributed by atoms with Gasteiger partial charge in [-0.3, -0.25) is 4.79 Å². The van der Waals surface area contributed by atoms with Gasteiger partial charge in [-0.05, 0) is 24.8 Å². The Balaban J connectivity index is 1.48. The lowest BCUT2D eigenvalue weighted by Crippen LogP contribution is -2.40. The van der Waals surface area contributed by atoms with Crippen molar-refractivity contribution < 1.29 is 9.21 Å². The molecule has 1 aliphatic heterocycles. The number of aryl methyl sites for hydroxylation is 1. The maximum Gasteiger partial charge on any atom is 0.243 e. The number of piperidine rings is 1. The lowest BCUT2D eigenvalue weighted by Gasteiger charge is -2.34. The molecule has 1 atom stereocenters. The minimum atomic E-state index is -0.0839. The van der Waals surface area contributed by atoms with Gasteiger partial charge >= 0.3 is 0 Å². The van der Waals surface area contributed by atoms with E-state index in [4.69, 9.17) is 4.42 Å². The molecule has 6 heteroatoms. The summed E-state index contributed by atoms with van der Waals surface area (Å²) in [6.45, 7) is 3.11. The molecule has 3 aromatic rings. The number of hydrogen-bond donors (Lipinski definition) is 0. The van der Waals surface area contributed by atoms with Crippen molar-refractivity contribution in [2.45, 2.75) is 51.6 Å². The molecule has 1 fully saturated rings. The summed E-state index contributed by atoms with van der Waals surface area (Å²) >= 11 is 0. The van der Waals surface area contributed by atoms with Crippen molar-refractivity contribution in [3.63, 3.8) is 0 Å². The molecule has 1 saturated heterocycles. The van der Waals surface area contributed by atoms with Crippen LogP contribution < -0.4 is 0 Å². The van der Waals surface area contributed by atoms with Crippen LogP contribution in [0.1, 0.15) is 55.3 Å². The number of amides is 1. The Morgan fingerprint density at radius 1 is 1.21 bits per heavy atom. The predicted octanol–water partition coefficient (Wildman–Crippen LogP) is 3.78. The minimum absolute atomic E-state index is 0.0839. The van der Waals surface area contributed by atoms with Crippen molar-refractivity contribution in [1.29, 1.82) is 0 Å². The Morgan fingerprint density at radius 2 is 2.07 bits per heavy atom. The highest BCUT2D eigenvalue weighted by atomic mass is 16.4. The van der Waals surface area contributed by atoms with Crippen molar-refractivity contribution in [2.24, 2.45) is 0 Å². The van der Waals surface area contributed by atoms with Gasteiger partial charge in [-0.1, -0.05) is 37.3 Å². The summed E-state index contributed by atoms with van der Waals surface area (Å²) in [5.74, 6) is 2.52. The van der Waals surface area contributed by atoms with Crippen LogP contribution in [0.25, 0.3) is 0 Å². The number of rotatable bonds is 6. The molecule has 1 aromatic carbocycles. The van der Waals surface area contributed by atoms with Gasteiger partial charge < -0.3 is 13.9 Å². The Bertz CT molecular complexity index is 916. The predicted molar refractivity (Wildman–Crippen MR) is 106 cm³/mol. The van der Waals surface area contributed by atoms with Crippen molar-refractivity contribution in [1.82, 2.24) is 19.4 Å². The highest BCUT2D eigenvalue weighted by Gasteiger charge is 2.31. The topological polar surface area (TPSA) is 64.2 Å². The van der Waals surface area contributed by atoms with Crippen molar-refractivity contribution in [3.05, 3.63) is 72.0 Å². The van der Waals surface area contributed by atoms with Crippen LogP contribution >= 0.6 is 0 Å². The molecule has 0 bridgehead atoms. The van der Waals surface area contributed by atoms with Gasteiger partial charge in [0.2, 0.25) is 11.8 Å². The number of oxazole rings is 1. The van der Waals surface area contributed by atoms with E-state index in [-0.39, 0.29) is 11.9 Å². The monoisotopic (exact) mass is 378 g/mol. The molecule has 0 saturated carbocycles. The minimum Gasteiger partial charge on any atom is -0.443 e. The highest BCUT2D eigenvalue weighted by Crippen LogP contribution is 2.31. The summed E-state index contributed by atoms with van der Waals surface area (Å²) in [6.07, 6.45) is 9.94. The van der Waals surface area contributed by atoms with Gasteiger partial charge in [-0.2, -0.15) is 0 Å². The molecule has 1 amide bonds. The van der Waals surface area contributed by atoms with Crippen LogP contribution in [0.4, 0.5) is 0 Å². The van der Waals surface area contributed by atoms with Crippen LogP contribution in [0.3, 0.4) is 0 Å². The number of benzene rings is 1. The van der Waals surface area contributed by atoms with E-state index in [9.17, 15) is 4.79 Å². The molecule has 0 unspecified atom stereocenters. The lowest BCUT2D eigenvalue weighted by molar-refractivity contribution is -0.136. The molecular weight excluding hydrogens is 352 g/mol. The van der Waals surface area contributed by atoms with Gasteiger partial charge in [0.25, 0.3) is 0 Å². The maximum absolute atomic E-state index is 13.0. The van der Waals surface area contributed by atoms with Gasteiger partial charge in [0.15, 0.2) is 0 Å². The fraction of sp³-hybridized carbons (Fsp3) is 0.409. The number of nitrogens with zero attached hydrogens (tertiary/aromatic N) is 4. The molecule has 1 aliphatic rings. The van der Waals surface area contributed by atoms with E-state index in [0.29, 0.717) is 18.9 Å². The van der Waals surface area contributed by atoms with E-state index in [1.54, 1.807) is 12.4 Å². The molecular formula is C22H26N4O2. The Labute approximate surface area is 165 Å². The summed E-state index contributed by atoms with van der Waals surface area (Å²) in [7, 11) is 0. The van der Waals surface area contributed by atoms with Crippen molar-refractivity contribution in [2.75, 3.05) is 6.54 Å². The van der Waals surface area contributed by atoms with E-state index in [2.05, 4.69) is 22.1 Å². The average Bonchev–Trinajstić information content (AvgIpc) is 3.38. The summed E-state index contributed by atoms with van der Waals surface area (Å²) in [5, 5.41) is 0.